The summed E-state index contributed by atoms with van der Waals surface area (Å²) in [6.07, 6.45) is 6.40. The first-order valence-corrected chi connectivity index (χ1v) is 8.56. The van der Waals surface area contributed by atoms with Gasteiger partial charge >= 0.3 is 0 Å². The van der Waals surface area contributed by atoms with Crippen LogP contribution in [0.15, 0.2) is 29.3 Å². The van der Waals surface area contributed by atoms with Crippen molar-refractivity contribution in [3.63, 3.8) is 0 Å². The summed E-state index contributed by atoms with van der Waals surface area (Å²) < 4.78 is 0. The van der Waals surface area contributed by atoms with Gasteiger partial charge in [-0.3, -0.25) is 9.89 Å². The first-order chi connectivity index (χ1) is 10.7. The van der Waals surface area contributed by atoms with Gasteiger partial charge in [-0.05, 0) is 57.0 Å². The van der Waals surface area contributed by atoms with E-state index >= 15 is 0 Å². The van der Waals surface area contributed by atoms with Gasteiger partial charge in [0.15, 0.2) is 5.96 Å². The Labute approximate surface area is 157 Å². The number of guanidine groups is 1. The maximum atomic E-state index is 6.04. The van der Waals surface area contributed by atoms with Crippen molar-refractivity contribution in [1.29, 1.82) is 0 Å². The summed E-state index contributed by atoms with van der Waals surface area (Å²) in [6.45, 7) is 7.54. The van der Waals surface area contributed by atoms with Crippen molar-refractivity contribution in [1.82, 2.24) is 4.90 Å². The van der Waals surface area contributed by atoms with Gasteiger partial charge in [-0.25, -0.2) is 0 Å². The third-order valence-electron chi connectivity index (χ3n) is 4.31. The van der Waals surface area contributed by atoms with Crippen LogP contribution in [0, 0.1) is 6.92 Å². The van der Waals surface area contributed by atoms with Gasteiger partial charge in [-0.15, -0.1) is 24.0 Å². The molecule has 0 aliphatic carbocycles. The SMILES string of the molecule is CCCCN1CCCCC1CN=C(N)Nc1cccc(C)c1.I. The first-order valence-electron chi connectivity index (χ1n) is 8.56. The average Bonchev–Trinajstić information content (AvgIpc) is 2.51. The fourth-order valence-corrected chi connectivity index (χ4v) is 3.04. The Kier molecular flexibility index (Phi) is 9.55. The molecule has 2 rings (SSSR count). The Hall–Kier alpha value is -0.820. The molecule has 0 spiro atoms. The zero-order valence-electron chi connectivity index (χ0n) is 14.4. The Morgan fingerprint density at radius 2 is 2.22 bits per heavy atom. The van der Waals surface area contributed by atoms with Gasteiger partial charge < -0.3 is 11.1 Å². The summed E-state index contributed by atoms with van der Waals surface area (Å²) in [7, 11) is 0. The molecule has 3 N–H and O–H groups in total. The normalized spacial score (nSPS) is 19.2. The predicted octanol–water partition coefficient (Wildman–Crippen LogP) is 3.99. The number of nitrogens with zero attached hydrogens (tertiary/aromatic N) is 2. The highest BCUT2D eigenvalue weighted by atomic mass is 127. The van der Waals surface area contributed by atoms with Gasteiger partial charge in [-0.2, -0.15) is 0 Å². The monoisotopic (exact) mass is 430 g/mol. The summed E-state index contributed by atoms with van der Waals surface area (Å²) in [5, 5.41) is 3.19. The largest absolute Gasteiger partial charge is 0.370 e. The van der Waals surface area contributed by atoms with Crippen LogP contribution in [0.2, 0.25) is 0 Å². The Balaban J connectivity index is 0.00000264. The molecule has 0 amide bonds. The molecule has 1 aliphatic heterocycles. The number of aliphatic imine (C=N–C) groups is 1. The number of rotatable bonds is 6. The highest BCUT2D eigenvalue weighted by molar-refractivity contribution is 14.0. The van der Waals surface area contributed by atoms with Crippen molar-refractivity contribution in [2.45, 2.75) is 52.0 Å². The van der Waals surface area contributed by atoms with Crippen molar-refractivity contribution in [3.05, 3.63) is 29.8 Å². The first kappa shape index (κ1) is 20.2. The number of aryl methyl sites for hydroxylation is 1. The Bertz CT molecular complexity index is 490. The van der Waals surface area contributed by atoms with Crippen LogP contribution in [0.1, 0.15) is 44.6 Å². The van der Waals surface area contributed by atoms with Crippen LogP contribution in [0.4, 0.5) is 5.69 Å². The third-order valence-corrected chi connectivity index (χ3v) is 4.31. The highest BCUT2D eigenvalue weighted by Crippen LogP contribution is 2.18. The molecule has 0 saturated carbocycles. The summed E-state index contributed by atoms with van der Waals surface area (Å²) >= 11 is 0. The molecule has 1 atom stereocenters. The summed E-state index contributed by atoms with van der Waals surface area (Å²) in [6, 6.07) is 8.75. The molecule has 1 aromatic rings. The number of anilines is 1. The van der Waals surface area contributed by atoms with E-state index in [2.05, 4.69) is 41.2 Å². The standard InChI is InChI=1S/C18H30N4.HI/c1-3-4-11-22-12-6-5-10-17(22)14-20-18(19)21-16-9-7-8-15(2)13-16;/h7-9,13,17H,3-6,10-12,14H2,1-2H3,(H3,19,20,21);1H. The zero-order valence-corrected chi connectivity index (χ0v) is 16.8. The lowest BCUT2D eigenvalue weighted by atomic mass is 10.0. The number of likely N-dealkylation sites (tertiary alicyclic amines) is 1. The lowest BCUT2D eigenvalue weighted by Crippen LogP contribution is -2.42. The van der Waals surface area contributed by atoms with Crippen LogP contribution in [0.25, 0.3) is 0 Å². The van der Waals surface area contributed by atoms with E-state index in [4.69, 9.17) is 5.73 Å². The molecule has 1 heterocycles. The van der Waals surface area contributed by atoms with E-state index in [1.165, 1.54) is 50.8 Å². The third kappa shape index (κ3) is 7.08. The van der Waals surface area contributed by atoms with E-state index in [-0.39, 0.29) is 24.0 Å². The zero-order chi connectivity index (χ0) is 15.8. The Morgan fingerprint density at radius 1 is 1.39 bits per heavy atom. The predicted molar refractivity (Wildman–Crippen MR) is 111 cm³/mol. The van der Waals surface area contributed by atoms with Crippen LogP contribution in [-0.2, 0) is 0 Å². The van der Waals surface area contributed by atoms with Crippen LogP contribution in [0.3, 0.4) is 0 Å². The number of hydrogen-bond donors (Lipinski definition) is 2. The van der Waals surface area contributed by atoms with Crippen LogP contribution in [0.5, 0.6) is 0 Å². The highest BCUT2D eigenvalue weighted by Gasteiger charge is 2.21. The summed E-state index contributed by atoms with van der Waals surface area (Å²) in [5.74, 6) is 0.520. The number of benzene rings is 1. The lowest BCUT2D eigenvalue weighted by Gasteiger charge is -2.34. The molecule has 4 nitrogen and oxygen atoms in total. The van der Waals surface area contributed by atoms with Gasteiger partial charge in [0, 0.05) is 11.7 Å². The minimum absolute atomic E-state index is 0. The quantitative estimate of drug-likeness (QED) is 0.408. The summed E-state index contributed by atoms with van der Waals surface area (Å²) in [4.78, 5) is 7.17. The molecule has 1 unspecified atom stereocenters. The van der Waals surface area contributed by atoms with E-state index in [0.29, 0.717) is 12.0 Å². The van der Waals surface area contributed by atoms with Crippen molar-refractivity contribution in [2.24, 2.45) is 10.7 Å². The van der Waals surface area contributed by atoms with E-state index in [9.17, 15) is 0 Å². The fraction of sp³-hybridized carbons (Fsp3) is 0.611. The van der Waals surface area contributed by atoms with Crippen molar-refractivity contribution >= 4 is 35.6 Å². The molecule has 1 aliphatic rings. The lowest BCUT2D eigenvalue weighted by molar-refractivity contribution is 0.151. The second-order valence-electron chi connectivity index (χ2n) is 6.26. The van der Waals surface area contributed by atoms with Crippen molar-refractivity contribution in [2.75, 3.05) is 25.0 Å². The van der Waals surface area contributed by atoms with Gasteiger partial charge in [0.05, 0.1) is 6.54 Å². The van der Waals surface area contributed by atoms with Gasteiger partial charge in [-0.1, -0.05) is 31.9 Å². The Morgan fingerprint density at radius 3 is 2.96 bits per heavy atom. The van der Waals surface area contributed by atoms with E-state index in [1.54, 1.807) is 0 Å². The number of nitrogens with two attached hydrogens (primary N) is 1. The van der Waals surface area contributed by atoms with Crippen molar-refractivity contribution < 1.29 is 0 Å². The van der Waals surface area contributed by atoms with E-state index < -0.39 is 0 Å². The number of piperidine rings is 1. The topological polar surface area (TPSA) is 53.6 Å². The van der Waals surface area contributed by atoms with Gasteiger partial charge in [0.1, 0.15) is 0 Å². The molecule has 1 fully saturated rings. The molecule has 0 radical (unpaired) electrons. The molecular weight excluding hydrogens is 399 g/mol. The van der Waals surface area contributed by atoms with Gasteiger partial charge in [0.25, 0.3) is 0 Å². The molecule has 23 heavy (non-hydrogen) atoms. The molecule has 5 heteroatoms. The van der Waals surface area contributed by atoms with Crippen LogP contribution < -0.4 is 11.1 Å². The number of halogens is 1. The van der Waals surface area contributed by atoms with Crippen molar-refractivity contribution in [3.8, 4) is 0 Å². The molecule has 1 aromatic carbocycles. The second-order valence-corrected chi connectivity index (χ2v) is 6.26. The van der Waals surface area contributed by atoms with Crippen LogP contribution >= 0.6 is 24.0 Å². The fourth-order valence-electron chi connectivity index (χ4n) is 3.04. The number of hydrogen-bond acceptors (Lipinski definition) is 2. The summed E-state index contributed by atoms with van der Waals surface area (Å²) in [5.41, 5.74) is 8.26. The van der Waals surface area contributed by atoms with Gasteiger partial charge in [0.2, 0.25) is 0 Å². The maximum absolute atomic E-state index is 6.04. The molecular formula is C18H31IN4. The molecule has 1 saturated heterocycles. The van der Waals surface area contributed by atoms with E-state index in [0.717, 1.165) is 12.2 Å². The maximum Gasteiger partial charge on any atom is 0.193 e. The van der Waals surface area contributed by atoms with Crippen LogP contribution in [-0.4, -0.2) is 36.5 Å². The molecule has 130 valence electrons. The smallest absolute Gasteiger partial charge is 0.193 e. The number of unbranched alkanes of at least 4 members (excludes halogenated alkanes) is 1. The molecule has 0 aromatic heterocycles. The molecule has 0 bridgehead atoms. The minimum atomic E-state index is 0. The second kappa shape index (κ2) is 10.9. The minimum Gasteiger partial charge on any atom is -0.370 e. The number of nitrogens with one attached hydrogen (secondary N) is 1. The van der Waals surface area contributed by atoms with E-state index in [1.807, 2.05) is 12.1 Å². The average molecular weight is 430 g/mol.